The minimum absolute atomic E-state index is 0.177. The zero-order valence-electron chi connectivity index (χ0n) is 13.9. The molecule has 0 saturated heterocycles. The van der Waals surface area contributed by atoms with Crippen LogP contribution in [-0.2, 0) is 6.42 Å². The molecule has 2 aromatic carbocycles. The van der Waals surface area contributed by atoms with Crippen molar-refractivity contribution in [3.05, 3.63) is 60.2 Å². The van der Waals surface area contributed by atoms with E-state index in [1.54, 1.807) is 19.1 Å². The van der Waals surface area contributed by atoms with Crippen LogP contribution in [-0.4, -0.2) is 23.9 Å². The standard InChI is InChI=1S/C19H24N2O3/c1-15(24-18-12-10-17(22)11-13-18)21-19(23)20-14-6-5-9-16-7-3-2-4-8-16/h2-4,7-8,10-13,15,22H,5-6,9,14H2,1H3,(H2,20,21,23). The van der Waals surface area contributed by atoms with E-state index in [2.05, 4.69) is 22.8 Å². The van der Waals surface area contributed by atoms with Crippen LogP contribution in [0, 0.1) is 0 Å². The Morgan fingerprint density at radius 1 is 1.08 bits per heavy atom. The van der Waals surface area contributed by atoms with E-state index >= 15 is 0 Å². The molecule has 24 heavy (non-hydrogen) atoms. The Kier molecular flexibility index (Phi) is 6.95. The number of rotatable bonds is 8. The van der Waals surface area contributed by atoms with E-state index in [9.17, 15) is 9.90 Å². The molecule has 2 amide bonds. The molecule has 0 bridgehead atoms. The molecule has 0 radical (unpaired) electrons. The lowest BCUT2D eigenvalue weighted by Gasteiger charge is -2.16. The molecule has 0 aliphatic heterocycles. The second-order valence-electron chi connectivity index (χ2n) is 5.60. The summed E-state index contributed by atoms with van der Waals surface area (Å²) in [4.78, 5) is 11.8. The SMILES string of the molecule is CC(NC(=O)NCCCCc1ccccc1)Oc1ccc(O)cc1. The van der Waals surface area contributed by atoms with Crippen LogP contribution in [0.1, 0.15) is 25.3 Å². The molecular formula is C19H24N2O3. The third-order valence-corrected chi connectivity index (χ3v) is 3.50. The van der Waals surface area contributed by atoms with Crippen LogP contribution < -0.4 is 15.4 Å². The van der Waals surface area contributed by atoms with Gasteiger partial charge in [0, 0.05) is 6.54 Å². The van der Waals surface area contributed by atoms with Crippen molar-refractivity contribution >= 4 is 6.03 Å². The van der Waals surface area contributed by atoms with Crippen LogP contribution in [0.3, 0.4) is 0 Å². The van der Waals surface area contributed by atoms with Crippen LogP contribution >= 0.6 is 0 Å². The van der Waals surface area contributed by atoms with Gasteiger partial charge in [0.05, 0.1) is 0 Å². The van der Waals surface area contributed by atoms with E-state index in [0.717, 1.165) is 19.3 Å². The number of benzene rings is 2. The molecule has 128 valence electrons. The van der Waals surface area contributed by atoms with Crippen molar-refractivity contribution in [2.75, 3.05) is 6.54 Å². The number of urea groups is 1. The zero-order chi connectivity index (χ0) is 17.2. The molecule has 5 nitrogen and oxygen atoms in total. The number of amides is 2. The van der Waals surface area contributed by atoms with Crippen LogP contribution in [0.4, 0.5) is 4.79 Å². The summed E-state index contributed by atoms with van der Waals surface area (Å²) in [6, 6.07) is 16.4. The molecule has 0 aliphatic rings. The molecule has 0 spiro atoms. The Morgan fingerprint density at radius 2 is 1.79 bits per heavy atom. The summed E-state index contributed by atoms with van der Waals surface area (Å²) in [5.41, 5.74) is 1.32. The van der Waals surface area contributed by atoms with Gasteiger partial charge in [-0.15, -0.1) is 0 Å². The number of ether oxygens (including phenoxy) is 1. The third kappa shape index (κ3) is 6.60. The van der Waals surface area contributed by atoms with E-state index in [0.29, 0.717) is 12.3 Å². The fourth-order valence-electron chi connectivity index (χ4n) is 2.29. The number of carbonyl (C=O) groups excluding carboxylic acids is 1. The normalized spacial score (nSPS) is 11.5. The van der Waals surface area contributed by atoms with E-state index < -0.39 is 6.23 Å². The van der Waals surface area contributed by atoms with Gasteiger partial charge < -0.3 is 20.5 Å². The largest absolute Gasteiger partial charge is 0.508 e. The highest BCUT2D eigenvalue weighted by Crippen LogP contribution is 2.16. The van der Waals surface area contributed by atoms with Crippen molar-refractivity contribution in [1.82, 2.24) is 10.6 Å². The molecule has 5 heteroatoms. The Morgan fingerprint density at radius 3 is 2.50 bits per heavy atom. The van der Waals surface area contributed by atoms with Gasteiger partial charge in [0.15, 0.2) is 6.23 Å². The lowest BCUT2D eigenvalue weighted by atomic mass is 10.1. The number of nitrogens with one attached hydrogen (secondary N) is 2. The second-order valence-corrected chi connectivity index (χ2v) is 5.60. The highest BCUT2D eigenvalue weighted by molar-refractivity contribution is 5.73. The molecule has 2 aromatic rings. The molecule has 1 unspecified atom stereocenters. The highest BCUT2D eigenvalue weighted by atomic mass is 16.5. The molecule has 0 aliphatic carbocycles. The van der Waals surface area contributed by atoms with E-state index in [1.165, 1.54) is 17.7 Å². The van der Waals surface area contributed by atoms with Gasteiger partial charge in [0.25, 0.3) is 0 Å². The molecule has 2 rings (SSSR count). The van der Waals surface area contributed by atoms with Gasteiger partial charge >= 0.3 is 6.03 Å². The number of unbranched alkanes of at least 4 members (excludes halogenated alkanes) is 1. The van der Waals surface area contributed by atoms with Crippen LogP contribution in [0.5, 0.6) is 11.5 Å². The summed E-state index contributed by atoms with van der Waals surface area (Å²) in [5.74, 6) is 0.764. The quantitative estimate of drug-likeness (QED) is 0.513. The van der Waals surface area contributed by atoms with Crippen molar-refractivity contribution in [1.29, 1.82) is 0 Å². The van der Waals surface area contributed by atoms with Gasteiger partial charge in [-0.25, -0.2) is 4.79 Å². The van der Waals surface area contributed by atoms with E-state index in [4.69, 9.17) is 4.74 Å². The van der Waals surface area contributed by atoms with Crippen molar-refractivity contribution in [3.63, 3.8) is 0 Å². The van der Waals surface area contributed by atoms with Gasteiger partial charge in [-0.1, -0.05) is 30.3 Å². The van der Waals surface area contributed by atoms with Crippen LogP contribution in [0.15, 0.2) is 54.6 Å². The maximum Gasteiger partial charge on any atom is 0.317 e. The summed E-state index contributed by atoms with van der Waals surface area (Å²) in [5, 5.41) is 14.8. The van der Waals surface area contributed by atoms with E-state index in [-0.39, 0.29) is 11.8 Å². The fourth-order valence-corrected chi connectivity index (χ4v) is 2.29. The number of phenols is 1. The number of aromatic hydroxyl groups is 1. The molecule has 0 aromatic heterocycles. The number of carbonyl (C=O) groups is 1. The summed E-state index contributed by atoms with van der Waals surface area (Å²) in [7, 11) is 0. The maximum atomic E-state index is 11.8. The second kappa shape index (κ2) is 9.45. The predicted octanol–water partition coefficient (Wildman–Crippen LogP) is 3.44. The Balaban J connectivity index is 1.58. The molecule has 1 atom stereocenters. The minimum atomic E-state index is -0.459. The average molecular weight is 328 g/mol. The van der Waals surface area contributed by atoms with Gasteiger partial charge in [0.2, 0.25) is 0 Å². The van der Waals surface area contributed by atoms with E-state index in [1.807, 2.05) is 18.2 Å². The van der Waals surface area contributed by atoms with Gasteiger partial charge in [-0.05, 0) is 56.0 Å². The smallest absolute Gasteiger partial charge is 0.317 e. The Bertz CT molecular complexity index is 614. The highest BCUT2D eigenvalue weighted by Gasteiger charge is 2.07. The predicted molar refractivity (Wildman–Crippen MR) is 94.1 cm³/mol. The summed E-state index contributed by atoms with van der Waals surface area (Å²) < 4.78 is 5.54. The lowest BCUT2D eigenvalue weighted by Crippen LogP contribution is -2.43. The van der Waals surface area contributed by atoms with Crippen molar-refractivity contribution in [3.8, 4) is 11.5 Å². The maximum absolute atomic E-state index is 11.8. The van der Waals surface area contributed by atoms with Crippen LogP contribution in [0.25, 0.3) is 0 Å². The van der Waals surface area contributed by atoms with Crippen molar-refractivity contribution in [2.45, 2.75) is 32.4 Å². The van der Waals surface area contributed by atoms with Crippen LogP contribution in [0.2, 0.25) is 0 Å². The fraction of sp³-hybridized carbons (Fsp3) is 0.316. The Labute approximate surface area is 142 Å². The first kappa shape index (κ1) is 17.7. The molecule has 0 saturated carbocycles. The topological polar surface area (TPSA) is 70.6 Å². The summed E-state index contributed by atoms with van der Waals surface area (Å²) >= 11 is 0. The number of hydrogen-bond donors (Lipinski definition) is 3. The van der Waals surface area contributed by atoms with Gasteiger partial charge in [-0.3, -0.25) is 0 Å². The number of phenolic OH excluding ortho intramolecular Hbond substituents is 1. The first-order valence-corrected chi connectivity index (χ1v) is 8.17. The van der Waals surface area contributed by atoms with Crippen molar-refractivity contribution < 1.29 is 14.6 Å². The third-order valence-electron chi connectivity index (χ3n) is 3.50. The lowest BCUT2D eigenvalue weighted by molar-refractivity contribution is 0.177. The first-order valence-electron chi connectivity index (χ1n) is 8.17. The monoisotopic (exact) mass is 328 g/mol. The van der Waals surface area contributed by atoms with Crippen molar-refractivity contribution in [2.24, 2.45) is 0 Å². The molecule has 3 N–H and O–H groups in total. The number of hydrogen-bond acceptors (Lipinski definition) is 3. The summed E-state index contributed by atoms with van der Waals surface area (Å²) in [6.07, 6.45) is 2.52. The average Bonchev–Trinajstić information content (AvgIpc) is 2.57. The number of aryl methyl sites for hydroxylation is 1. The van der Waals surface area contributed by atoms with Gasteiger partial charge in [-0.2, -0.15) is 0 Å². The minimum Gasteiger partial charge on any atom is -0.508 e. The zero-order valence-corrected chi connectivity index (χ0v) is 13.9. The first-order chi connectivity index (χ1) is 11.6. The molecular weight excluding hydrogens is 304 g/mol. The van der Waals surface area contributed by atoms with Gasteiger partial charge in [0.1, 0.15) is 11.5 Å². The Hall–Kier alpha value is -2.69. The molecule has 0 fully saturated rings. The summed E-state index contributed by atoms with van der Waals surface area (Å²) in [6.45, 7) is 2.38. The molecule has 0 heterocycles.